The van der Waals surface area contributed by atoms with Crippen LogP contribution in [0.3, 0.4) is 0 Å². The van der Waals surface area contributed by atoms with Crippen molar-refractivity contribution in [2.24, 2.45) is 0 Å². The van der Waals surface area contributed by atoms with Crippen LogP contribution in [0.1, 0.15) is 5.56 Å². The molecule has 0 aliphatic carbocycles. The Hall–Kier alpha value is -0.550. The monoisotopic (exact) mass is 387 g/mol. The number of nitrogens with one attached hydrogen (secondary N) is 1. The average Bonchev–Trinajstić information content (AvgIpc) is 2.44. The van der Waals surface area contributed by atoms with E-state index in [1.54, 1.807) is 17.8 Å². The molecule has 0 amide bonds. The van der Waals surface area contributed by atoms with Gasteiger partial charge >= 0.3 is 0 Å². The van der Waals surface area contributed by atoms with Crippen molar-refractivity contribution < 1.29 is 4.39 Å². The minimum atomic E-state index is -0.215. The van der Waals surface area contributed by atoms with E-state index < -0.39 is 0 Å². The van der Waals surface area contributed by atoms with E-state index in [-0.39, 0.29) is 11.9 Å². The largest absolute Gasteiger partial charge is 0.316 e. The summed E-state index contributed by atoms with van der Waals surface area (Å²) >= 11 is 11.2. The Kier molecular flexibility index (Phi) is 6.55. The van der Waals surface area contributed by atoms with Crippen LogP contribution in [0.25, 0.3) is 0 Å². The van der Waals surface area contributed by atoms with Gasteiger partial charge in [0.05, 0.1) is 5.02 Å². The number of rotatable bonds is 6. The van der Waals surface area contributed by atoms with Crippen molar-refractivity contribution in [3.8, 4) is 0 Å². The second-order valence-electron chi connectivity index (χ2n) is 4.71. The highest BCUT2D eigenvalue weighted by Gasteiger charge is 2.10. The molecule has 0 saturated carbocycles. The van der Waals surface area contributed by atoms with E-state index in [0.717, 1.165) is 32.1 Å². The Labute approximate surface area is 142 Å². The molecule has 21 heavy (non-hydrogen) atoms. The van der Waals surface area contributed by atoms with Crippen molar-refractivity contribution in [3.63, 3.8) is 0 Å². The summed E-state index contributed by atoms with van der Waals surface area (Å²) < 4.78 is 14.2. The van der Waals surface area contributed by atoms with Gasteiger partial charge in [0, 0.05) is 21.2 Å². The third kappa shape index (κ3) is 5.29. The predicted molar refractivity (Wildman–Crippen MR) is 92.8 cm³/mol. The molecular weight excluding hydrogens is 373 g/mol. The highest BCUT2D eigenvalue weighted by atomic mass is 79.9. The second kappa shape index (κ2) is 8.18. The Bertz CT molecular complexity index is 588. The maximum Gasteiger partial charge on any atom is 0.124 e. The number of hydrogen-bond acceptors (Lipinski definition) is 2. The maximum absolute atomic E-state index is 13.4. The minimum Gasteiger partial charge on any atom is -0.316 e. The molecule has 1 N–H and O–H groups in total. The molecule has 0 aliphatic rings. The molecular formula is C16H16BrClFNS. The standard InChI is InChI=1S/C16H16BrClFNS/c1-20-14(8-11-6-12(17)9-13(19)7-11)10-21-16-5-3-2-4-15(16)18/h2-7,9,14,20H,8,10H2,1H3. The molecule has 0 aromatic heterocycles. The Morgan fingerprint density at radius 3 is 2.71 bits per heavy atom. The summed E-state index contributed by atoms with van der Waals surface area (Å²) in [5.41, 5.74) is 0.973. The molecule has 2 rings (SSSR count). The summed E-state index contributed by atoms with van der Waals surface area (Å²) in [4.78, 5) is 1.07. The zero-order chi connectivity index (χ0) is 15.2. The van der Waals surface area contributed by atoms with E-state index in [1.807, 2.05) is 37.4 Å². The lowest BCUT2D eigenvalue weighted by Gasteiger charge is -2.16. The van der Waals surface area contributed by atoms with Gasteiger partial charge in [-0.1, -0.05) is 39.7 Å². The molecule has 0 spiro atoms. The molecule has 0 radical (unpaired) electrons. The van der Waals surface area contributed by atoms with Crippen LogP contribution in [0, 0.1) is 5.82 Å². The lowest BCUT2D eigenvalue weighted by Crippen LogP contribution is -2.30. The van der Waals surface area contributed by atoms with E-state index in [1.165, 1.54) is 6.07 Å². The third-order valence-corrected chi connectivity index (χ3v) is 5.22. The fourth-order valence-corrected chi connectivity index (χ4v) is 3.87. The number of thioether (sulfide) groups is 1. The van der Waals surface area contributed by atoms with Gasteiger partial charge in [0.15, 0.2) is 0 Å². The molecule has 0 fully saturated rings. The first-order chi connectivity index (χ1) is 10.1. The highest BCUT2D eigenvalue weighted by molar-refractivity contribution is 9.10. The molecule has 1 unspecified atom stereocenters. The lowest BCUT2D eigenvalue weighted by molar-refractivity contribution is 0.602. The van der Waals surface area contributed by atoms with E-state index in [2.05, 4.69) is 21.2 Å². The van der Waals surface area contributed by atoms with Gasteiger partial charge in [-0.2, -0.15) is 0 Å². The van der Waals surface area contributed by atoms with Crippen LogP contribution in [0.2, 0.25) is 5.02 Å². The van der Waals surface area contributed by atoms with Crippen molar-refractivity contribution in [1.82, 2.24) is 5.32 Å². The number of likely N-dealkylation sites (N-methyl/N-ethyl adjacent to an activating group) is 1. The molecule has 0 aliphatic heterocycles. The summed E-state index contributed by atoms with van der Waals surface area (Å²) in [7, 11) is 1.92. The molecule has 2 aromatic carbocycles. The minimum absolute atomic E-state index is 0.215. The summed E-state index contributed by atoms with van der Waals surface area (Å²) in [5, 5.41) is 4.05. The van der Waals surface area contributed by atoms with Crippen molar-refractivity contribution >= 4 is 39.3 Å². The van der Waals surface area contributed by atoms with Gasteiger partial charge in [-0.3, -0.25) is 0 Å². The van der Waals surface area contributed by atoms with Gasteiger partial charge in [-0.25, -0.2) is 4.39 Å². The van der Waals surface area contributed by atoms with Crippen LogP contribution >= 0.6 is 39.3 Å². The molecule has 1 atom stereocenters. The summed E-state index contributed by atoms with van der Waals surface area (Å²) in [6.07, 6.45) is 0.768. The quantitative estimate of drug-likeness (QED) is 0.686. The van der Waals surface area contributed by atoms with Gasteiger partial charge in [0.25, 0.3) is 0 Å². The summed E-state index contributed by atoms with van der Waals surface area (Å²) in [5.74, 6) is 0.655. The SMILES string of the molecule is CNC(CSc1ccccc1Cl)Cc1cc(F)cc(Br)c1. The zero-order valence-electron chi connectivity index (χ0n) is 11.6. The molecule has 5 heteroatoms. The number of benzene rings is 2. The fraction of sp³-hybridized carbons (Fsp3) is 0.250. The molecule has 1 nitrogen and oxygen atoms in total. The van der Waals surface area contributed by atoms with E-state index >= 15 is 0 Å². The third-order valence-electron chi connectivity index (χ3n) is 3.09. The van der Waals surface area contributed by atoms with Crippen molar-refractivity contribution in [1.29, 1.82) is 0 Å². The van der Waals surface area contributed by atoms with E-state index in [9.17, 15) is 4.39 Å². The Balaban J connectivity index is 1.98. The number of hydrogen-bond donors (Lipinski definition) is 1. The van der Waals surface area contributed by atoms with Gasteiger partial charge < -0.3 is 5.32 Å². The highest BCUT2D eigenvalue weighted by Crippen LogP contribution is 2.27. The van der Waals surface area contributed by atoms with Crippen molar-refractivity contribution in [3.05, 3.63) is 63.3 Å². The fourth-order valence-electron chi connectivity index (χ4n) is 2.01. The van der Waals surface area contributed by atoms with Crippen LogP contribution in [-0.4, -0.2) is 18.8 Å². The van der Waals surface area contributed by atoms with E-state index in [0.29, 0.717) is 0 Å². The van der Waals surface area contributed by atoms with Crippen LogP contribution in [-0.2, 0) is 6.42 Å². The molecule has 2 aromatic rings. The first-order valence-electron chi connectivity index (χ1n) is 6.58. The van der Waals surface area contributed by atoms with Gasteiger partial charge in [-0.15, -0.1) is 11.8 Å². The van der Waals surface area contributed by atoms with Crippen molar-refractivity contribution in [2.45, 2.75) is 17.4 Å². The van der Waals surface area contributed by atoms with Crippen LogP contribution in [0.5, 0.6) is 0 Å². The first kappa shape index (κ1) is 16.8. The molecule has 0 heterocycles. The maximum atomic E-state index is 13.4. The Morgan fingerprint density at radius 1 is 1.29 bits per heavy atom. The lowest BCUT2D eigenvalue weighted by atomic mass is 10.1. The van der Waals surface area contributed by atoms with Gasteiger partial charge in [-0.05, 0) is 49.4 Å². The Morgan fingerprint density at radius 2 is 2.05 bits per heavy atom. The summed E-state index contributed by atoms with van der Waals surface area (Å²) in [6.45, 7) is 0. The second-order valence-corrected chi connectivity index (χ2v) is 7.09. The van der Waals surface area contributed by atoms with Gasteiger partial charge in [0.2, 0.25) is 0 Å². The number of halogens is 3. The van der Waals surface area contributed by atoms with Crippen LogP contribution in [0.4, 0.5) is 4.39 Å². The average molecular weight is 389 g/mol. The molecule has 0 bridgehead atoms. The molecule has 0 saturated heterocycles. The van der Waals surface area contributed by atoms with Gasteiger partial charge in [0.1, 0.15) is 5.82 Å². The molecule has 112 valence electrons. The topological polar surface area (TPSA) is 12.0 Å². The normalized spacial score (nSPS) is 12.4. The first-order valence-corrected chi connectivity index (χ1v) is 8.73. The van der Waals surface area contributed by atoms with Crippen LogP contribution in [0.15, 0.2) is 51.8 Å². The van der Waals surface area contributed by atoms with E-state index in [4.69, 9.17) is 11.6 Å². The predicted octanol–water partition coefficient (Wildman–Crippen LogP) is 5.16. The van der Waals surface area contributed by atoms with Crippen molar-refractivity contribution in [2.75, 3.05) is 12.8 Å². The zero-order valence-corrected chi connectivity index (χ0v) is 14.7. The summed E-state index contributed by atoms with van der Waals surface area (Å²) in [6, 6.07) is 13.1. The smallest absolute Gasteiger partial charge is 0.124 e. The van der Waals surface area contributed by atoms with Crippen LogP contribution < -0.4 is 5.32 Å².